The number of aromatic nitrogens is 2. The lowest BCUT2D eigenvalue weighted by Gasteiger charge is -2.19. The van der Waals surface area contributed by atoms with Gasteiger partial charge in [0.25, 0.3) is 5.91 Å². The maximum absolute atomic E-state index is 13.4. The molecule has 0 atom stereocenters. The van der Waals surface area contributed by atoms with E-state index in [0.717, 1.165) is 11.1 Å². The molecule has 0 aliphatic carbocycles. The van der Waals surface area contributed by atoms with Crippen LogP contribution in [0.25, 0.3) is 0 Å². The third-order valence-electron chi connectivity index (χ3n) is 5.50. The average molecular weight is 491 g/mol. The summed E-state index contributed by atoms with van der Waals surface area (Å²) in [6.07, 6.45) is 1.60. The largest absolute Gasteiger partial charge is 0.495 e. The number of carbonyl (C=O) groups is 1. The van der Waals surface area contributed by atoms with E-state index >= 15 is 0 Å². The highest BCUT2D eigenvalue weighted by Gasteiger charge is 2.26. The van der Waals surface area contributed by atoms with Gasteiger partial charge in [-0.25, -0.2) is 13.1 Å². The van der Waals surface area contributed by atoms with Crippen molar-refractivity contribution in [1.29, 1.82) is 0 Å². The molecule has 0 aliphatic heterocycles. The number of methoxy groups -OCH3 is 1. The Labute approximate surface area is 204 Å². The standard InChI is InChI=1S/C26H26N4O4S/c1-29(18-20-9-5-3-6-10-20)35(32,33)24-17-22(13-14-23(24)34-2)26(31)28-25-15-16-27-30(25)19-21-11-7-4-8-12-21/h3-17H,18-19H2,1-2H3,(H,28,31). The number of nitrogens with zero attached hydrogens (tertiary/aromatic N) is 3. The Morgan fingerprint density at radius 3 is 2.29 bits per heavy atom. The molecule has 4 rings (SSSR count). The maximum atomic E-state index is 13.4. The lowest BCUT2D eigenvalue weighted by Crippen LogP contribution is -2.27. The monoisotopic (exact) mass is 490 g/mol. The van der Waals surface area contributed by atoms with E-state index in [0.29, 0.717) is 12.4 Å². The minimum Gasteiger partial charge on any atom is -0.495 e. The number of anilines is 1. The third-order valence-corrected chi connectivity index (χ3v) is 7.32. The third kappa shape index (κ3) is 5.59. The smallest absolute Gasteiger partial charge is 0.256 e. The average Bonchev–Trinajstić information content (AvgIpc) is 3.30. The summed E-state index contributed by atoms with van der Waals surface area (Å²) in [5.74, 6) is 0.209. The number of sulfonamides is 1. The topological polar surface area (TPSA) is 93.5 Å². The number of ether oxygens (including phenoxy) is 1. The molecule has 0 saturated heterocycles. The molecular formula is C26H26N4O4S. The zero-order chi connectivity index (χ0) is 24.8. The molecule has 35 heavy (non-hydrogen) atoms. The van der Waals surface area contributed by atoms with Crippen LogP contribution in [0.1, 0.15) is 21.5 Å². The molecule has 0 radical (unpaired) electrons. The number of amides is 1. The molecule has 0 aliphatic rings. The van der Waals surface area contributed by atoms with Crippen molar-refractivity contribution in [2.75, 3.05) is 19.5 Å². The van der Waals surface area contributed by atoms with Crippen LogP contribution in [0, 0.1) is 0 Å². The highest BCUT2D eigenvalue weighted by Crippen LogP contribution is 2.28. The molecule has 0 saturated carbocycles. The van der Waals surface area contributed by atoms with E-state index in [1.54, 1.807) is 16.9 Å². The molecule has 0 spiro atoms. The van der Waals surface area contributed by atoms with Crippen LogP contribution >= 0.6 is 0 Å². The fraction of sp³-hybridized carbons (Fsp3) is 0.154. The Bertz CT molecular complexity index is 1400. The van der Waals surface area contributed by atoms with Gasteiger partial charge in [-0.1, -0.05) is 60.7 Å². The minimum absolute atomic E-state index is 0.0797. The molecule has 0 unspecified atom stereocenters. The first kappa shape index (κ1) is 24.2. The van der Waals surface area contributed by atoms with Crippen LogP contribution in [0.2, 0.25) is 0 Å². The summed E-state index contributed by atoms with van der Waals surface area (Å²) in [6, 6.07) is 25.1. The number of hydrogen-bond acceptors (Lipinski definition) is 5. The van der Waals surface area contributed by atoms with Crippen molar-refractivity contribution in [3.05, 3.63) is 108 Å². The fourth-order valence-corrected chi connectivity index (χ4v) is 4.96. The number of nitrogens with one attached hydrogen (secondary N) is 1. The van der Waals surface area contributed by atoms with E-state index in [2.05, 4.69) is 10.4 Å². The Morgan fingerprint density at radius 2 is 1.63 bits per heavy atom. The van der Waals surface area contributed by atoms with Crippen LogP contribution < -0.4 is 10.1 Å². The lowest BCUT2D eigenvalue weighted by atomic mass is 10.2. The van der Waals surface area contributed by atoms with Gasteiger partial charge in [0.05, 0.1) is 19.9 Å². The molecule has 180 valence electrons. The highest BCUT2D eigenvalue weighted by atomic mass is 32.2. The molecule has 0 fully saturated rings. The van der Waals surface area contributed by atoms with E-state index in [9.17, 15) is 13.2 Å². The number of carbonyl (C=O) groups excluding carboxylic acids is 1. The second kappa shape index (κ2) is 10.5. The molecule has 9 heteroatoms. The first-order valence-corrected chi connectivity index (χ1v) is 12.4. The molecule has 8 nitrogen and oxygen atoms in total. The molecule has 1 amide bonds. The zero-order valence-electron chi connectivity index (χ0n) is 19.5. The Morgan fingerprint density at radius 1 is 0.971 bits per heavy atom. The van der Waals surface area contributed by atoms with Crippen LogP contribution in [0.4, 0.5) is 5.82 Å². The summed E-state index contributed by atoms with van der Waals surface area (Å²) < 4.78 is 34.9. The van der Waals surface area contributed by atoms with Crippen LogP contribution in [-0.2, 0) is 23.1 Å². The summed E-state index contributed by atoms with van der Waals surface area (Å²) >= 11 is 0. The number of hydrogen-bond donors (Lipinski definition) is 1. The van der Waals surface area contributed by atoms with E-state index in [1.165, 1.54) is 36.7 Å². The Balaban J connectivity index is 1.57. The molecule has 1 N–H and O–H groups in total. The van der Waals surface area contributed by atoms with Crippen molar-refractivity contribution in [2.24, 2.45) is 0 Å². The number of benzene rings is 3. The van der Waals surface area contributed by atoms with Gasteiger partial charge < -0.3 is 10.1 Å². The predicted molar refractivity (Wildman–Crippen MR) is 134 cm³/mol. The molecular weight excluding hydrogens is 464 g/mol. The quantitative estimate of drug-likeness (QED) is 0.383. The summed E-state index contributed by atoms with van der Waals surface area (Å²) in [5.41, 5.74) is 2.06. The maximum Gasteiger partial charge on any atom is 0.256 e. The normalized spacial score (nSPS) is 11.4. The van der Waals surface area contributed by atoms with Gasteiger partial charge in [0.1, 0.15) is 16.5 Å². The summed E-state index contributed by atoms with van der Waals surface area (Å²) in [5, 5.41) is 7.11. The number of rotatable bonds is 9. The van der Waals surface area contributed by atoms with Crippen LogP contribution in [-0.4, -0.2) is 42.6 Å². The zero-order valence-corrected chi connectivity index (χ0v) is 20.3. The van der Waals surface area contributed by atoms with E-state index in [-0.39, 0.29) is 22.8 Å². The molecule has 4 aromatic rings. The summed E-state index contributed by atoms with van der Waals surface area (Å²) in [7, 11) is -1.04. The fourth-order valence-electron chi connectivity index (χ4n) is 3.62. The van der Waals surface area contributed by atoms with E-state index in [1.807, 2.05) is 60.7 Å². The highest BCUT2D eigenvalue weighted by molar-refractivity contribution is 7.89. The van der Waals surface area contributed by atoms with Gasteiger partial charge in [0, 0.05) is 25.2 Å². The van der Waals surface area contributed by atoms with Gasteiger partial charge in [-0.3, -0.25) is 4.79 Å². The van der Waals surface area contributed by atoms with E-state index < -0.39 is 15.9 Å². The summed E-state index contributed by atoms with van der Waals surface area (Å²) in [6.45, 7) is 0.664. The minimum atomic E-state index is -3.94. The van der Waals surface area contributed by atoms with Crippen LogP contribution in [0.3, 0.4) is 0 Å². The van der Waals surface area contributed by atoms with Crippen molar-refractivity contribution < 1.29 is 17.9 Å². The molecule has 1 aromatic heterocycles. The van der Waals surface area contributed by atoms with Gasteiger partial charge in [0.2, 0.25) is 10.0 Å². The summed E-state index contributed by atoms with van der Waals surface area (Å²) in [4.78, 5) is 13.0. The molecule has 1 heterocycles. The second-order valence-electron chi connectivity index (χ2n) is 7.93. The first-order chi connectivity index (χ1) is 16.9. The predicted octanol–water partition coefficient (Wildman–Crippen LogP) is 4.01. The van der Waals surface area contributed by atoms with Gasteiger partial charge >= 0.3 is 0 Å². The lowest BCUT2D eigenvalue weighted by molar-refractivity contribution is 0.102. The van der Waals surface area contributed by atoms with Crippen LogP contribution in [0.5, 0.6) is 5.75 Å². The van der Waals surface area contributed by atoms with Crippen molar-refractivity contribution in [2.45, 2.75) is 18.0 Å². The second-order valence-corrected chi connectivity index (χ2v) is 9.94. The van der Waals surface area contributed by atoms with E-state index in [4.69, 9.17) is 4.74 Å². The molecule has 0 bridgehead atoms. The Kier molecular flexibility index (Phi) is 7.28. The van der Waals surface area contributed by atoms with Crippen molar-refractivity contribution >= 4 is 21.7 Å². The SMILES string of the molecule is COc1ccc(C(=O)Nc2ccnn2Cc2ccccc2)cc1S(=O)(=O)N(C)Cc1ccccc1. The van der Waals surface area contributed by atoms with Crippen molar-refractivity contribution in [3.63, 3.8) is 0 Å². The van der Waals surface area contributed by atoms with Crippen molar-refractivity contribution in [3.8, 4) is 5.75 Å². The Hall–Kier alpha value is -3.95. The van der Waals surface area contributed by atoms with Gasteiger partial charge in [-0.05, 0) is 29.3 Å². The van der Waals surface area contributed by atoms with Crippen molar-refractivity contribution in [1.82, 2.24) is 14.1 Å². The molecule has 3 aromatic carbocycles. The van der Waals surface area contributed by atoms with Gasteiger partial charge in [-0.2, -0.15) is 9.40 Å². The first-order valence-electron chi connectivity index (χ1n) is 10.9. The van der Waals surface area contributed by atoms with Gasteiger partial charge in [0.15, 0.2) is 0 Å². The van der Waals surface area contributed by atoms with Gasteiger partial charge in [-0.15, -0.1) is 0 Å². The van der Waals surface area contributed by atoms with Crippen LogP contribution in [0.15, 0.2) is 96.0 Å².